The van der Waals surface area contributed by atoms with Gasteiger partial charge in [-0.1, -0.05) is 22.9 Å². The first-order chi connectivity index (χ1) is 9.44. The third-order valence-electron chi connectivity index (χ3n) is 2.73. The maximum atomic E-state index is 12.7. The van der Waals surface area contributed by atoms with Gasteiger partial charge in [0, 0.05) is 16.8 Å². The Morgan fingerprint density at radius 1 is 1.35 bits per heavy atom. The maximum absolute atomic E-state index is 12.7. The van der Waals surface area contributed by atoms with Crippen LogP contribution in [0.15, 0.2) is 12.4 Å². The largest absolute Gasteiger partial charge is 0.405 e. The van der Waals surface area contributed by atoms with Crippen LogP contribution in [0, 0.1) is 0 Å². The molecule has 0 saturated heterocycles. The molecule has 0 aliphatic rings. The molecule has 110 valence electrons. The minimum absolute atomic E-state index is 0.239. The number of alkyl halides is 4. The van der Waals surface area contributed by atoms with Crippen molar-refractivity contribution in [2.45, 2.75) is 19.5 Å². The third kappa shape index (κ3) is 3.60. The first-order valence-corrected chi connectivity index (χ1v) is 7.99. The zero-order chi connectivity index (χ0) is 14.8. The van der Waals surface area contributed by atoms with E-state index < -0.39 is 12.7 Å². The predicted molar refractivity (Wildman–Crippen MR) is 78.9 cm³/mol. The van der Waals surface area contributed by atoms with E-state index in [9.17, 15) is 13.2 Å². The molecule has 20 heavy (non-hydrogen) atoms. The summed E-state index contributed by atoms with van der Waals surface area (Å²) in [6, 6.07) is 1.88. The second kappa shape index (κ2) is 6.26. The Kier molecular flexibility index (Phi) is 4.85. The molecule has 0 fully saturated rings. The molecule has 3 nitrogen and oxygen atoms in total. The van der Waals surface area contributed by atoms with E-state index in [1.54, 1.807) is 0 Å². The Bertz CT molecular complexity index is 585. The van der Waals surface area contributed by atoms with Gasteiger partial charge in [-0.3, -0.25) is 0 Å². The van der Waals surface area contributed by atoms with Crippen molar-refractivity contribution in [1.29, 1.82) is 0 Å². The molecule has 0 radical (unpaired) electrons. The minimum atomic E-state index is -4.26. The molecule has 8 heteroatoms. The summed E-state index contributed by atoms with van der Waals surface area (Å²) >= 11 is 4.68. The Hall–Kier alpha value is -0.890. The highest BCUT2D eigenvalue weighted by atomic mass is 79.9. The molecular weight excluding hydrogens is 355 g/mol. The fourth-order valence-electron chi connectivity index (χ4n) is 1.90. The second-order valence-electron chi connectivity index (χ2n) is 4.21. The number of hydrogen-bond acceptors (Lipinski definition) is 4. The van der Waals surface area contributed by atoms with Crippen LogP contribution in [0.4, 0.5) is 19.0 Å². The van der Waals surface area contributed by atoms with Crippen molar-refractivity contribution in [3.63, 3.8) is 0 Å². The van der Waals surface area contributed by atoms with Gasteiger partial charge < -0.3 is 4.90 Å². The molecule has 2 rings (SSSR count). The fourth-order valence-corrected chi connectivity index (χ4v) is 3.26. The molecule has 0 unspecified atom stereocenters. The lowest BCUT2D eigenvalue weighted by atomic mass is 10.3. The van der Waals surface area contributed by atoms with E-state index in [2.05, 4.69) is 25.9 Å². The number of nitrogens with zero attached hydrogens (tertiary/aromatic N) is 3. The Balaban J connectivity index is 2.44. The second-order valence-corrected chi connectivity index (χ2v) is 6.12. The van der Waals surface area contributed by atoms with E-state index >= 15 is 0 Å². The molecule has 0 N–H and O–H groups in total. The molecule has 0 spiro atoms. The highest BCUT2D eigenvalue weighted by Gasteiger charge is 2.32. The van der Waals surface area contributed by atoms with Crippen LogP contribution in [-0.4, -0.2) is 34.6 Å². The van der Waals surface area contributed by atoms with Gasteiger partial charge in [-0.25, -0.2) is 9.97 Å². The van der Waals surface area contributed by atoms with Crippen LogP contribution < -0.4 is 4.90 Å². The van der Waals surface area contributed by atoms with Gasteiger partial charge >= 0.3 is 6.18 Å². The molecule has 2 heterocycles. The quantitative estimate of drug-likeness (QED) is 0.747. The van der Waals surface area contributed by atoms with Crippen LogP contribution in [0.2, 0.25) is 0 Å². The number of rotatable bonds is 5. The Morgan fingerprint density at radius 2 is 2.10 bits per heavy atom. The molecule has 0 aromatic carbocycles. The molecular formula is C12H13BrF3N3S. The lowest BCUT2D eigenvalue weighted by molar-refractivity contribution is -0.119. The number of thiophene rings is 1. The van der Waals surface area contributed by atoms with Crippen LogP contribution in [0.25, 0.3) is 10.2 Å². The van der Waals surface area contributed by atoms with Crippen molar-refractivity contribution in [3.8, 4) is 0 Å². The molecule has 0 saturated carbocycles. The summed E-state index contributed by atoms with van der Waals surface area (Å²) in [5, 5.41) is 1.14. The van der Waals surface area contributed by atoms with E-state index in [1.807, 2.05) is 13.0 Å². The van der Waals surface area contributed by atoms with Gasteiger partial charge in [0.2, 0.25) is 0 Å². The monoisotopic (exact) mass is 367 g/mol. The minimum Gasteiger partial charge on any atom is -0.346 e. The van der Waals surface area contributed by atoms with Gasteiger partial charge in [0.1, 0.15) is 23.5 Å². The standard InChI is InChI=1S/C12H13BrF3N3S/c1-2-8-5-9-10(17-7-18-11(9)20-8)19(4-3-13)6-12(14,15)16/h5,7H,2-4,6H2,1H3. The summed E-state index contributed by atoms with van der Waals surface area (Å²) in [5.41, 5.74) is 0. The van der Waals surface area contributed by atoms with E-state index in [4.69, 9.17) is 0 Å². The molecule has 0 aliphatic carbocycles. The molecule has 2 aromatic rings. The van der Waals surface area contributed by atoms with Crippen molar-refractivity contribution >= 4 is 43.3 Å². The van der Waals surface area contributed by atoms with Crippen molar-refractivity contribution in [2.75, 3.05) is 23.3 Å². The summed E-state index contributed by atoms with van der Waals surface area (Å²) in [7, 11) is 0. The van der Waals surface area contributed by atoms with E-state index in [1.165, 1.54) is 22.6 Å². The smallest absolute Gasteiger partial charge is 0.346 e. The molecule has 0 bridgehead atoms. The fraction of sp³-hybridized carbons (Fsp3) is 0.500. The van der Waals surface area contributed by atoms with Gasteiger partial charge in [-0.2, -0.15) is 13.2 Å². The lowest BCUT2D eigenvalue weighted by Crippen LogP contribution is -2.36. The topological polar surface area (TPSA) is 29.0 Å². The van der Waals surface area contributed by atoms with Gasteiger partial charge in [-0.05, 0) is 12.5 Å². The van der Waals surface area contributed by atoms with E-state index in [-0.39, 0.29) is 6.54 Å². The third-order valence-corrected chi connectivity index (χ3v) is 4.27. The number of anilines is 1. The van der Waals surface area contributed by atoms with Gasteiger partial charge in [-0.15, -0.1) is 11.3 Å². The summed E-state index contributed by atoms with van der Waals surface area (Å²) in [4.78, 5) is 11.3. The van der Waals surface area contributed by atoms with Crippen LogP contribution in [0.5, 0.6) is 0 Å². The first-order valence-electron chi connectivity index (χ1n) is 6.05. The Labute approximate surface area is 127 Å². The van der Waals surface area contributed by atoms with Crippen LogP contribution in [-0.2, 0) is 6.42 Å². The molecule has 0 aliphatic heterocycles. The van der Waals surface area contributed by atoms with E-state index in [0.29, 0.717) is 16.5 Å². The van der Waals surface area contributed by atoms with Crippen molar-refractivity contribution in [1.82, 2.24) is 9.97 Å². The molecule has 0 amide bonds. The Morgan fingerprint density at radius 3 is 2.70 bits per heavy atom. The zero-order valence-electron chi connectivity index (χ0n) is 10.7. The summed E-state index contributed by atoms with van der Waals surface area (Å²) < 4.78 is 38.1. The highest BCUT2D eigenvalue weighted by molar-refractivity contribution is 9.09. The van der Waals surface area contributed by atoms with Crippen LogP contribution >= 0.6 is 27.3 Å². The normalized spacial score (nSPS) is 12.1. The average molecular weight is 368 g/mol. The number of aryl methyl sites for hydroxylation is 1. The average Bonchev–Trinajstić information content (AvgIpc) is 2.79. The predicted octanol–water partition coefficient (Wildman–Crippen LogP) is 4.02. The number of hydrogen-bond donors (Lipinski definition) is 0. The summed E-state index contributed by atoms with van der Waals surface area (Å²) in [5.74, 6) is 0.350. The SMILES string of the molecule is CCc1cc2c(N(CCBr)CC(F)(F)F)ncnc2s1. The zero-order valence-corrected chi connectivity index (χ0v) is 13.1. The molecule has 2 aromatic heterocycles. The lowest BCUT2D eigenvalue weighted by Gasteiger charge is -2.24. The highest BCUT2D eigenvalue weighted by Crippen LogP contribution is 2.31. The number of fused-ring (bicyclic) bond motifs is 1. The number of aromatic nitrogens is 2. The van der Waals surface area contributed by atoms with E-state index in [0.717, 1.165) is 16.1 Å². The van der Waals surface area contributed by atoms with Crippen molar-refractivity contribution < 1.29 is 13.2 Å². The summed E-state index contributed by atoms with van der Waals surface area (Å²) in [6.07, 6.45) is -2.10. The van der Waals surface area contributed by atoms with Gasteiger partial charge in [0.25, 0.3) is 0 Å². The van der Waals surface area contributed by atoms with Gasteiger partial charge in [0.05, 0.1) is 5.39 Å². The van der Waals surface area contributed by atoms with Gasteiger partial charge in [0.15, 0.2) is 0 Å². The van der Waals surface area contributed by atoms with Crippen LogP contribution in [0.1, 0.15) is 11.8 Å². The molecule has 0 atom stereocenters. The number of halogens is 4. The van der Waals surface area contributed by atoms with Crippen LogP contribution in [0.3, 0.4) is 0 Å². The van der Waals surface area contributed by atoms with Crippen molar-refractivity contribution in [3.05, 3.63) is 17.3 Å². The summed E-state index contributed by atoms with van der Waals surface area (Å²) in [6.45, 7) is 1.23. The van der Waals surface area contributed by atoms with Crippen molar-refractivity contribution in [2.24, 2.45) is 0 Å². The maximum Gasteiger partial charge on any atom is 0.405 e. The first kappa shape index (κ1) is 15.5.